The Balaban J connectivity index is 1.57. The molecule has 0 aliphatic heterocycles. The quantitative estimate of drug-likeness (QED) is 0.307. The first-order chi connectivity index (χ1) is 15.3. The number of rotatable bonds is 2. The fraction of sp³-hybridized carbons (Fsp3) is 0.250. The van der Waals surface area contributed by atoms with E-state index in [-0.39, 0.29) is 0 Å². The summed E-state index contributed by atoms with van der Waals surface area (Å²) in [4.78, 5) is 0. The predicted octanol–water partition coefficient (Wildman–Crippen LogP) is 8.64. The molecule has 0 bridgehead atoms. The average molecular weight is 417 g/mol. The molecular formula is C32H32. The van der Waals surface area contributed by atoms with Gasteiger partial charge in [-0.2, -0.15) is 0 Å². The van der Waals surface area contributed by atoms with Crippen molar-refractivity contribution in [1.29, 1.82) is 0 Å². The van der Waals surface area contributed by atoms with Gasteiger partial charge in [-0.25, -0.2) is 0 Å². The van der Waals surface area contributed by atoms with Gasteiger partial charge in [0.2, 0.25) is 0 Å². The van der Waals surface area contributed by atoms with Crippen LogP contribution in [0.1, 0.15) is 44.5 Å². The summed E-state index contributed by atoms with van der Waals surface area (Å²) in [5, 5.41) is 0. The molecule has 0 amide bonds. The Bertz CT molecular complexity index is 1210. The van der Waals surface area contributed by atoms with Crippen molar-refractivity contribution in [3.05, 3.63) is 105 Å². The minimum Gasteiger partial charge on any atom is -0.0557 e. The zero-order valence-electron chi connectivity index (χ0n) is 20.2. The van der Waals surface area contributed by atoms with Gasteiger partial charge in [-0.15, -0.1) is 0 Å². The molecular weight excluding hydrogens is 384 g/mol. The van der Waals surface area contributed by atoms with Gasteiger partial charge in [-0.1, -0.05) is 71.8 Å². The van der Waals surface area contributed by atoms with Gasteiger partial charge in [-0.05, 0) is 121 Å². The van der Waals surface area contributed by atoms with Crippen LogP contribution in [0.25, 0.3) is 33.4 Å². The van der Waals surface area contributed by atoms with Crippen LogP contribution in [0.15, 0.2) is 60.7 Å². The van der Waals surface area contributed by atoms with E-state index in [4.69, 9.17) is 0 Å². The highest BCUT2D eigenvalue weighted by Crippen LogP contribution is 2.40. The summed E-state index contributed by atoms with van der Waals surface area (Å²) in [5.41, 5.74) is 19.4. The van der Waals surface area contributed by atoms with Gasteiger partial charge in [0, 0.05) is 0 Å². The van der Waals surface area contributed by atoms with Crippen LogP contribution in [-0.2, 0) is 12.8 Å². The largest absolute Gasteiger partial charge is 0.0557 e. The first kappa shape index (κ1) is 20.8. The molecule has 0 spiro atoms. The van der Waals surface area contributed by atoms with Crippen LogP contribution in [0.3, 0.4) is 0 Å². The standard InChI is InChI=1S/C32H32/c1-19-13-21(3)31(22(4)14-19)27-9-11-29-25(17-27)7-8-26-18-28(10-12-30(26)29)32-23(5)15-20(2)16-24(32)6/h9-18H,7-8H2,1-6H3. The lowest BCUT2D eigenvalue weighted by atomic mass is 9.81. The van der Waals surface area contributed by atoms with Crippen molar-refractivity contribution in [3.63, 3.8) is 0 Å². The summed E-state index contributed by atoms with van der Waals surface area (Å²) in [6, 6.07) is 23.4. The third-order valence-corrected chi connectivity index (χ3v) is 7.10. The van der Waals surface area contributed by atoms with Gasteiger partial charge < -0.3 is 0 Å². The maximum Gasteiger partial charge on any atom is -0.0125 e. The number of aryl methyl sites for hydroxylation is 8. The van der Waals surface area contributed by atoms with Gasteiger partial charge in [0.15, 0.2) is 0 Å². The topological polar surface area (TPSA) is 0 Å². The fourth-order valence-electron chi connectivity index (χ4n) is 5.98. The van der Waals surface area contributed by atoms with Crippen LogP contribution in [0.4, 0.5) is 0 Å². The minimum atomic E-state index is 1.11. The van der Waals surface area contributed by atoms with E-state index in [1.807, 2.05) is 0 Å². The molecule has 4 aromatic carbocycles. The molecule has 0 radical (unpaired) electrons. The van der Waals surface area contributed by atoms with E-state index in [0.29, 0.717) is 0 Å². The van der Waals surface area contributed by atoms with Crippen molar-refractivity contribution in [2.24, 2.45) is 0 Å². The predicted molar refractivity (Wildman–Crippen MR) is 139 cm³/mol. The Morgan fingerprint density at radius 3 is 1.12 bits per heavy atom. The summed E-state index contributed by atoms with van der Waals surface area (Å²) in [6.45, 7) is 13.3. The molecule has 160 valence electrons. The van der Waals surface area contributed by atoms with E-state index in [1.54, 1.807) is 0 Å². The highest BCUT2D eigenvalue weighted by atomic mass is 14.2. The molecule has 5 rings (SSSR count). The van der Waals surface area contributed by atoms with E-state index in [9.17, 15) is 0 Å². The summed E-state index contributed by atoms with van der Waals surface area (Å²) in [5.74, 6) is 0. The molecule has 0 heteroatoms. The average Bonchev–Trinajstić information content (AvgIpc) is 2.72. The normalized spacial score (nSPS) is 12.4. The maximum absolute atomic E-state index is 2.44. The van der Waals surface area contributed by atoms with Gasteiger partial charge in [-0.3, -0.25) is 0 Å². The molecule has 32 heavy (non-hydrogen) atoms. The summed E-state index contributed by atoms with van der Waals surface area (Å²) in [6.07, 6.45) is 2.21. The zero-order chi connectivity index (χ0) is 22.6. The van der Waals surface area contributed by atoms with Crippen LogP contribution < -0.4 is 0 Å². The first-order valence-electron chi connectivity index (χ1n) is 11.7. The lowest BCUT2D eigenvalue weighted by molar-refractivity contribution is 0.942. The molecule has 0 N–H and O–H groups in total. The number of benzene rings is 4. The van der Waals surface area contributed by atoms with Crippen LogP contribution in [0, 0.1) is 41.5 Å². The van der Waals surface area contributed by atoms with E-state index in [1.165, 1.54) is 77.9 Å². The number of hydrogen-bond donors (Lipinski definition) is 0. The van der Waals surface area contributed by atoms with Gasteiger partial charge in [0.1, 0.15) is 0 Å². The van der Waals surface area contributed by atoms with E-state index in [2.05, 4.69) is 102 Å². The molecule has 0 saturated heterocycles. The molecule has 1 aliphatic rings. The van der Waals surface area contributed by atoms with Gasteiger partial charge in [0.05, 0.1) is 0 Å². The Kier molecular flexibility index (Phi) is 5.05. The zero-order valence-corrected chi connectivity index (χ0v) is 20.2. The van der Waals surface area contributed by atoms with Crippen LogP contribution in [-0.4, -0.2) is 0 Å². The SMILES string of the molecule is Cc1cc(C)c(-c2ccc3c(c2)CCc2cc(-c4c(C)cc(C)cc4C)ccc2-3)c(C)c1. The van der Waals surface area contributed by atoms with Crippen LogP contribution >= 0.6 is 0 Å². The molecule has 0 aromatic heterocycles. The smallest absolute Gasteiger partial charge is 0.0125 e. The molecule has 4 aromatic rings. The summed E-state index contributed by atoms with van der Waals surface area (Å²) in [7, 11) is 0. The number of hydrogen-bond acceptors (Lipinski definition) is 0. The summed E-state index contributed by atoms with van der Waals surface area (Å²) >= 11 is 0. The van der Waals surface area contributed by atoms with E-state index in [0.717, 1.165) is 12.8 Å². The second-order valence-corrected chi connectivity index (χ2v) is 9.79. The monoisotopic (exact) mass is 416 g/mol. The van der Waals surface area contributed by atoms with Gasteiger partial charge in [0.25, 0.3) is 0 Å². The second-order valence-electron chi connectivity index (χ2n) is 9.79. The lowest BCUT2D eigenvalue weighted by Gasteiger charge is -2.23. The van der Waals surface area contributed by atoms with Crippen molar-refractivity contribution >= 4 is 0 Å². The molecule has 0 unspecified atom stereocenters. The van der Waals surface area contributed by atoms with Crippen molar-refractivity contribution in [2.45, 2.75) is 54.4 Å². The molecule has 0 atom stereocenters. The molecule has 1 aliphatic carbocycles. The fourth-order valence-corrected chi connectivity index (χ4v) is 5.98. The third kappa shape index (κ3) is 3.48. The van der Waals surface area contributed by atoms with E-state index >= 15 is 0 Å². The van der Waals surface area contributed by atoms with Crippen molar-refractivity contribution in [2.75, 3.05) is 0 Å². The van der Waals surface area contributed by atoms with Crippen molar-refractivity contribution < 1.29 is 0 Å². The summed E-state index contributed by atoms with van der Waals surface area (Å²) < 4.78 is 0. The van der Waals surface area contributed by atoms with E-state index < -0.39 is 0 Å². The highest BCUT2D eigenvalue weighted by Gasteiger charge is 2.19. The maximum atomic E-state index is 2.44. The van der Waals surface area contributed by atoms with Crippen molar-refractivity contribution in [3.8, 4) is 33.4 Å². The van der Waals surface area contributed by atoms with Gasteiger partial charge >= 0.3 is 0 Å². The Labute approximate surface area is 193 Å². The lowest BCUT2D eigenvalue weighted by Crippen LogP contribution is -2.05. The van der Waals surface area contributed by atoms with Crippen LogP contribution in [0.2, 0.25) is 0 Å². The highest BCUT2D eigenvalue weighted by molar-refractivity contribution is 5.82. The Morgan fingerprint density at radius 2 is 0.781 bits per heavy atom. The minimum absolute atomic E-state index is 1.11. The Morgan fingerprint density at radius 1 is 0.438 bits per heavy atom. The molecule has 0 saturated carbocycles. The molecule has 0 nitrogen and oxygen atoms in total. The molecule has 0 heterocycles. The number of fused-ring (bicyclic) bond motifs is 3. The molecule has 0 fully saturated rings. The Hall–Kier alpha value is -3.12. The third-order valence-electron chi connectivity index (χ3n) is 7.10. The second kappa shape index (κ2) is 7.78. The first-order valence-corrected chi connectivity index (χ1v) is 11.7. The van der Waals surface area contributed by atoms with Crippen LogP contribution in [0.5, 0.6) is 0 Å². The van der Waals surface area contributed by atoms with Crippen molar-refractivity contribution in [1.82, 2.24) is 0 Å².